The third kappa shape index (κ3) is 14.4. The summed E-state index contributed by atoms with van der Waals surface area (Å²) in [6, 6.07) is 18.2. The normalized spacial score (nSPS) is 10.9. The van der Waals surface area contributed by atoms with Crippen LogP contribution in [-0.4, -0.2) is 52.3 Å². The van der Waals surface area contributed by atoms with E-state index in [-0.39, 0.29) is 25.2 Å². The summed E-state index contributed by atoms with van der Waals surface area (Å²) in [5, 5.41) is 35.6. The van der Waals surface area contributed by atoms with Crippen LogP contribution in [-0.2, 0) is 41.7 Å². The van der Waals surface area contributed by atoms with Gasteiger partial charge in [-0.25, -0.2) is 14.7 Å². The number of aryl methyl sites for hydroxylation is 1. The Morgan fingerprint density at radius 3 is 2.05 bits per heavy atom. The van der Waals surface area contributed by atoms with Gasteiger partial charge in [0.05, 0.1) is 41.6 Å². The number of carboxylic acids is 2. The molecule has 0 amide bonds. The van der Waals surface area contributed by atoms with Gasteiger partial charge in [0, 0.05) is 23.5 Å². The molecule has 6 heterocycles. The summed E-state index contributed by atoms with van der Waals surface area (Å²) >= 11 is 5.34. The zero-order valence-corrected chi connectivity index (χ0v) is 35.8. The first-order valence-corrected chi connectivity index (χ1v) is 19.3. The topological polar surface area (TPSA) is 184 Å². The molecule has 19 heteroatoms. The number of pyridine rings is 4. The second-order valence-electron chi connectivity index (χ2n) is 12.5. The zero-order chi connectivity index (χ0) is 44.4. The van der Waals surface area contributed by atoms with E-state index >= 15 is 0 Å². The Bertz CT molecular complexity index is 2660. The van der Waals surface area contributed by atoms with Gasteiger partial charge >= 0.3 is 37.6 Å². The first-order valence-electron chi connectivity index (χ1n) is 18.0. The Kier molecular flexibility index (Phi) is 19.5. The monoisotopic (exact) mass is 961 g/mol. The molecule has 13 nitrogen and oxygen atoms in total. The van der Waals surface area contributed by atoms with Crippen LogP contribution in [0.2, 0.25) is 0 Å². The SMILES string of the molecule is CCCCCCc1ccsc1-c1ccnc(-c2cc(C(F)(F)F)n[n-]2)c1.[C-]#[N+]/C(=C/c1ccnc(-c2cc(/C=C(/[N+]#[C-])C(=O)O)cc(-c3ccccn3)n2)c1)C(=O)O.[N-]=C=S.[Ru+2]. The van der Waals surface area contributed by atoms with Gasteiger partial charge < -0.3 is 25.8 Å². The second kappa shape index (κ2) is 24.4. The molecule has 0 aliphatic rings. The molecule has 6 rings (SSSR count). The van der Waals surface area contributed by atoms with Gasteiger partial charge in [-0.15, -0.1) is 11.3 Å². The van der Waals surface area contributed by atoms with Crippen LogP contribution in [0.4, 0.5) is 13.2 Å². The van der Waals surface area contributed by atoms with Gasteiger partial charge in [-0.05, 0) is 113 Å². The van der Waals surface area contributed by atoms with Crippen molar-refractivity contribution in [3.05, 3.63) is 153 Å². The third-order valence-corrected chi connectivity index (χ3v) is 9.27. The molecule has 0 spiro atoms. The summed E-state index contributed by atoms with van der Waals surface area (Å²) in [5.41, 5.74) is 3.34. The van der Waals surface area contributed by atoms with E-state index in [4.69, 9.17) is 23.7 Å². The van der Waals surface area contributed by atoms with Crippen LogP contribution in [0, 0.1) is 13.1 Å². The Balaban J connectivity index is 0.000000311. The van der Waals surface area contributed by atoms with Crippen LogP contribution in [0.3, 0.4) is 0 Å². The minimum Gasteiger partial charge on any atom is -0.753 e. The van der Waals surface area contributed by atoms with Crippen molar-refractivity contribution in [3.8, 4) is 44.6 Å². The maximum absolute atomic E-state index is 12.7. The predicted octanol–water partition coefficient (Wildman–Crippen LogP) is 10.5. The number of unbranched alkanes of at least 4 members (excludes halogenated alkanes) is 3. The van der Waals surface area contributed by atoms with Crippen molar-refractivity contribution in [1.29, 1.82) is 0 Å². The molecule has 0 radical (unpaired) electrons. The molecule has 0 fully saturated rings. The minimum atomic E-state index is -4.50. The predicted molar refractivity (Wildman–Crippen MR) is 228 cm³/mol. The van der Waals surface area contributed by atoms with Crippen LogP contribution in [0.1, 0.15) is 55.0 Å². The smallest absolute Gasteiger partial charge is 0.753 e. The number of hydrogen-bond acceptors (Lipinski definition) is 9. The average molecular weight is 961 g/mol. The Morgan fingerprint density at radius 1 is 0.839 bits per heavy atom. The number of carbonyl (C=O) groups is 2. The zero-order valence-electron chi connectivity index (χ0n) is 32.4. The molecule has 2 N–H and O–H groups in total. The third-order valence-electron chi connectivity index (χ3n) is 8.27. The van der Waals surface area contributed by atoms with Gasteiger partial charge in [-0.2, -0.15) is 18.3 Å². The van der Waals surface area contributed by atoms with E-state index in [0.29, 0.717) is 39.6 Å². The fourth-order valence-corrected chi connectivity index (χ4v) is 6.44. The Morgan fingerprint density at radius 2 is 1.45 bits per heavy atom. The number of thiophene rings is 1. The minimum absolute atomic E-state index is 0. The molecule has 314 valence electrons. The van der Waals surface area contributed by atoms with Crippen molar-refractivity contribution in [1.82, 2.24) is 30.1 Å². The molecule has 0 atom stereocenters. The molecule has 0 aliphatic carbocycles. The van der Waals surface area contributed by atoms with E-state index in [1.165, 1.54) is 48.3 Å². The molecule has 0 bridgehead atoms. The fourth-order valence-electron chi connectivity index (χ4n) is 5.49. The molecule has 0 saturated carbocycles. The number of isothiocyanates is 1. The van der Waals surface area contributed by atoms with Crippen LogP contribution >= 0.6 is 23.6 Å². The standard InChI is InChI=1S/C23H13N5O4.C19H19F3N3S.CNS.Ru/c1-24-20(22(29)30)10-14-6-8-27-17(9-14)19-12-15(13-21(25-2)23(31)32)11-18(28-19)16-5-3-4-7-26-16;1-2-3-4-5-6-13-8-10-26-18(13)14-7-9-23-15(11-14)16-12-17(25-24-16)19(20,21)22;2-1-3;/h3-13H,(H,29,30)(H,31,32);7-12H,2-6H2,1H3;;/q;2*-1;+2/b20-10+,21-13+;;;. The first-order chi connectivity index (χ1) is 29.3. The maximum Gasteiger partial charge on any atom is 2.00 e. The van der Waals surface area contributed by atoms with Crippen molar-refractivity contribution in [2.75, 3.05) is 0 Å². The van der Waals surface area contributed by atoms with Crippen molar-refractivity contribution in [2.24, 2.45) is 0 Å². The number of aliphatic carboxylic acids is 2. The number of aromatic nitrogens is 6. The number of rotatable bonds is 13. The van der Waals surface area contributed by atoms with Crippen molar-refractivity contribution in [3.63, 3.8) is 0 Å². The molecule has 6 aromatic heterocycles. The van der Waals surface area contributed by atoms with Gasteiger partial charge in [0.25, 0.3) is 11.4 Å². The van der Waals surface area contributed by atoms with Crippen LogP contribution < -0.4 is 5.10 Å². The van der Waals surface area contributed by atoms with E-state index in [1.807, 2.05) is 6.07 Å². The number of carboxylic acid groups (broad SMARTS) is 2. The van der Waals surface area contributed by atoms with Crippen molar-refractivity contribution >= 4 is 52.8 Å². The van der Waals surface area contributed by atoms with Crippen LogP contribution in [0.15, 0.2) is 102 Å². The number of thiocarbonyl (C=S) groups is 1. The molecule has 0 aliphatic heterocycles. The number of hydrogen-bond donors (Lipinski definition) is 2. The largest absolute Gasteiger partial charge is 2.00 e. The molecule has 62 heavy (non-hydrogen) atoms. The van der Waals surface area contributed by atoms with Gasteiger partial charge in [0.15, 0.2) is 0 Å². The Labute approximate surface area is 376 Å². The first kappa shape index (κ1) is 49.5. The molecule has 6 aromatic rings. The quantitative estimate of drug-likeness (QED) is 0.0280. The summed E-state index contributed by atoms with van der Waals surface area (Å²) in [7, 11) is 0. The van der Waals surface area contributed by atoms with Crippen LogP contribution in [0.25, 0.3) is 71.9 Å². The number of alkyl halides is 3. The van der Waals surface area contributed by atoms with E-state index in [9.17, 15) is 27.9 Å². The van der Waals surface area contributed by atoms with Gasteiger partial charge in [0.2, 0.25) is 0 Å². The second-order valence-corrected chi connectivity index (χ2v) is 13.6. The summed E-state index contributed by atoms with van der Waals surface area (Å²) < 4.78 is 38.2. The van der Waals surface area contributed by atoms with Crippen molar-refractivity contribution < 1.29 is 52.5 Å². The van der Waals surface area contributed by atoms with Gasteiger partial charge in [0.1, 0.15) is 5.69 Å². The van der Waals surface area contributed by atoms with Crippen LogP contribution in [0.5, 0.6) is 0 Å². The van der Waals surface area contributed by atoms with E-state index in [1.54, 1.807) is 72.3 Å². The summed E-state index contributed by atoms with van der Waals surface area (Å²) in [6.45, 7) is 16.3. The molecule has 0 unspecified atom stereocenters. The van der Waals surface area contributed by atoms with E-state index in [2.05, 4.69) is 70.4 Å². The van der Waals surface area contributed by atoms with Gasteiger partial charge in [-0.1, -0.05) is 50.2 Å². The van der Waals surface area contributed by atoms with E-state index < -0.39 is 35.2 Å². The van der Waals surface area contributed by atoms with Gasteiger partial charge in [-0.3, -0.25) is 24.5 Å². The molecular formula is C43H32F3N9O4RuS2. The number of halogens is 3. The van der Waals surface area contributed by atoms with E-state index in [0.717, 1.165) is 29.3 Å². The molecule has 0 saturated heterocycles. The Hall–Kier alpha value is -6.88. The number of nitrogens with zero attached hydrogens (tertiary/aromatic N) is 9. The molecule has 0 aromatic carbocycles. The summed E-state index contributed by atoms with van der Waals surface area (Å²) in [6.07, 6.45) is 8.35. The fraction of sp³-hybridized carbons (Fsp3) is 0.163. The molecular weight excluding hydrogens is 929 g/mol. The average Bonchev–Trinajstić information content (AvgIpc) is 3.96. The summed E-state index contributed by atoms with van der Waals surface area (Å²) in [4.78, 5) is 46.8. The van der Waals surface area contributed by atoms with Crippen molar-refractivity contribution in [2.45, 2.75) is 45.2 Å². The summed E-state index contributed by atoms with van der Waals surface area (Å²) in [5.74, 6) is -2.70. The maximum atomic E-state index is 12.7.